The van der Waals surface area contributed by atoms with Crippen molar-refractivity contribution >= 4 is 6.08 Å². The Morgan fingerprint density at radius 1 is 1.11 bits per heavy atom. The predicted octanol–water partition coefficient (Wildman–Crippen LogP) is 3.58. The minimum Gasteiger partial charge on any atom is -0.316 e. The Hall–Kier alpha value is -1.08. The van der Waals surface area contributed by atoms with Crippen LogP contribution >= 0.6 is 0 Å². The van der Waals surface area contributed by atoms with Crippen LogP contribution in [0.4, 0.5) is 0 Å². The zero-order chi connectivity index (χ0) is 12.6. The molecule has 1 aromatic carbocycles. The first-order valence-corrected chi connectivity index (χ1v) is 7.19. The first-order valence-electron chi connectivity index (χ1n) is 7.19. The van der Waals surface area contributed by atoms with Crippen LogP contribution in [0.15, 0.2) is 23.8 Å². The fourth-order valence-electron chi connectivity index (χ4n) is 3.23. The van der Waals surface area contributed by atoms with Crippen LogP contribution < -0.4 is 5.32 Å². The van der Waals surface area contributed by atoms with Crippen molar-refractivity contribution in [3.63, 3.8) is 0 Å². The highest BCUT2D eigenvalue weighted by Crippen LogP contribution is 2.33. The summed E-state index contributed by atoms with van der Waals surface area (Å²) < 4.78 is 0. The Labute approximate surface area is 110 Å². The molecule has 1 heteroatoms. The van der Waals surface area contributed by atoms with Crippen molar-refractivity contribution in [2.45, 2.75) is 39.5 Å². The second-order valence-electron chi connectivity index (χ2n) is 6.36. The molecule has 1 aromatic rings. The zero-order valence-corrected chi connectivity index (χ0v) is 11.6. The lowest BCUT2D eigenvalue weighted by Gasteiger charge is -2.33. The third-order valence-corrected chi connectivity index (χ3v) is 4.47. The van der Waals surface area contributed by atoms with E-state index < -0.39 is 0 Å². The number of hydrogen-bond acceptors (Lipinski definition) is 1. The molecule has 3 rings (SSSR count). The lowest BCUT2D eigenvalue weighted by atomic mass is 9.79. The van der Waals surface area contributed by atoms with Gasteiger partial charge in [-0.3, -0.25) is 0 Å². The molecule has 0 radical (unpaired) electrons. The molecule has 96 valence electrons. The van der Waals surface area contributed by atoms with Gasteiger partial charge in [-0.25, -0.2) is 0 Å². The highest BCUT2D eigenvalue weighted by molar-refractivity contribution is 5.57. The molecule has 0 aromatic heterocycles. The summed E-state index contributed by atoms with van der Waals surface area (Å²) in [6.07, 6.45) is 7.51. The summed E-state index contributed by atoms with van der Waals surface area (Å²) in [6.45, 7) is 6.92. The third kappa shape index (κ3) is 2.24. The number of nitrogens with one attached hydrogen (secondary N) is 1. The molecule has 1 heterocycles. The average Bonchev–Trinajstić information content (AvgIpc) is 2.79. The molecule has 0 bridgehead atoms. The van der Waals surface area contributed by atoms with E-state index in [2.05, 4.69) is 43.4 Å². The molecule has 2 aliphatic rings. The highest BCUT2D eigenvalue weighted by Gasteiger charge is 2.26. The van der Waals surface area contributed by atoms with E-state index in [0.717, 1.165) is 13.1 Å². The molecule has 0 amide bonds. The second kappa shape index (κ2) is 4.55. The van der Waals surface area contributed by atoms with Crippen LogP contribution in [-0.2, 0) is 12.8 Å². The van der Waals surface area contributed by atoms with Crippen molar-refractivity contribution in [3.05, 3.63) is 40.5 Å². The maximum Gasteiger partial charge on any atom is 0.00401 e. The molecule has 0 unspecified atom stereocenters. The summed E-state index contributed by atoms with van der Waals surface area (Å²) >= 11 is 0. The summed E-state index contributed by atoms with van der Waals surface area (Å²) in [4.78, 5) is 0. The molecular formula is C17H23N. The normalized spacial score (nSPS) is 24.2. The molecule has 0 spiro atoms. The minimum absolute atomic E-state index is 0.303. The van der Waals surface area contributed by atoms with E-state index in [0.29, 0.717) is 5.41 Å². The number of aryl methyl sites for hydroxylation is 2. The quantitative estimate of drug-likeness (QED) is 0.792. The van der Waals surface area contributed by atoms with Crippen LogP contribution in [0.25, 0.3) is 6.08 Å². The standard InChI is InChI=1S/C17H23N/c1-17(2)12-18-9-8-16(17)11-13-6-7-14-4-3-5-15(14)10-13/h6-7,10-11,18H,3-5,8-9,12H2,1-2H3/b16-11+. The monoisotopic (exact) mass is 241 g/mol. The number of piperidine rings is 1. The average molecular weight is 241 g/mol. The molecule has 18 heavy (non-hydrogen) atoms. The summed E-state index contributed by atoms with van der Waals surface area (Å²) in [5.74, 6) is 0. The molecule has 1 fully saturated rings. The van der Waals surface area contributed by atoms with Gasteiger partial charge >= 0.3 is 0 Å². The van der Waals surface area contributed by atoms with Gasteiger partial charge in [0.25, 0.3) is 0 Å². The van der Waals surface area contributed by atoms with E-state index in [1.807, 2.05) is 0 Å². The number of benzene rings is 1. The van der Waals surface area contributed by atoms with Gasteiger partial charge in [0.05, 0.1) is 0 Å². The van der Waals surface area contributed by atoms with Gasteiger partial charge in [0.15, 0.2) is 0 Å². The van der Waals surface area contributed by atoms with Gasteiger partial charge in [-0.15, -0.1) is 0 Å². The summed E-state index contributed by atoms with van der Waals surface area (Å²) in [5, 5.41) is 3.49. The third-order valence-electron chi connectivity index (χ3n) is 4.47. The Bertz CT molecular complexity index is 482. The van der Waals surface area contributed by atoms with Crippen LogP contribution in [0.1, 0.15) is 43.4 Å². The Morgan fingerprint density at radius 3 is 2.78 bits per heavy atom. The van der Waals surface area contributed by atoms with Crippen LogP contribution in [0, 0.1) is 5.41 Å². The Balaban J connectivity index is 1.91. The first-order chi connectivity index (χ1) is 8.65. The van der Waals surface area contributed by atoms with Gasteiger partial charge in [-0.2, -0.15) is 0 Å². The fraction of sp³-hybridized carbons (Fsp3) is 0.529. The summed E-state index contributed by atoms with van der Waals surface area (Å²) in [6, 6.07) is 7.05. The Morgan fingerprint density at radius 2 is 1.94 bits per heavy atom. The summed E-state index contributed by atoms with van der Waals surface area (Å²) in [5.41, 5.74) is 6.45. The van der Waals surface area contributed by atoms with Crippen LogP contribution in [0.3, 0.4) is 0 Å². The first kappa shape index (κ1) is 12.0. The molecular weight excluding hydrogens is 218 g/mol. The zero-order valence-electron chi connectivity index (χ0n) is 11.6. The number of rotatable bonds is 1. The van der Waals surface area contributed by atoms with Crippen molar-refractivity contribution in [1.29, 1.82) is 0 Å². The maximum atomic E-state index is 3.49. The van der Waals surface area contributed by atoms with E-state index in [4.69, 9.17) is 0 Å². The smallest absolute Gasteiger partial charge is 0.00401 e. The predicted molar refractivity (Wildman–Crippen MR) is 77.7 cm³/mol. The maximum absolute atomic E-state index is 3.49. The second-order valence-corrected chi connectivity index (χ2v) is 6.36. The van der Waals surface area contributed by atoms with E-state index in [1.165, 1.54) is 31.2 Å². The molecule has 1 aliphatic carbocycles. The van der Waals surface area contributed by atoms with E-state index >= 15 is 0 Å². The van der Waals surface area contributed by atoms with Crippen LogP contribution in [0.5, 0.6) is 0 Å². The van der Waals surface area contributed by atoms with Crippen LogP contribution in [-0.4, -0.2) is 13.1 Å². The van der Waals surface area contributed by atoms with Crippen molar-refractivity contribution in [2.75, 3.05) is 13.1 Å². The molecule has 1 N–H and O–H groups in total. The van der Waals surface area contributed by atoms with Crippen molar-refractivity contribution in [1.82, 2.24) is 5.32 Å². The SMILES string of the molecule is CC1(C)CNCC/C1=C\c1ccc2c(c1)CCC2. The number of fused-ring (bicyclic) bond motifs is 1. The number of hydrogen-bond donors (Lipinski definition) is 1. The highest BCUT2D eigenvalue weighted by atomic mass is 14.9. The minimum atomic E-state index is 0.303. The molecule has 1 saturated heterocycles. The van der Waals surface area contributed by atoms with Gasteiger partial charge < -0.3 is 5.32 Å². The van der Waals surface area contributed by atoms with Crippen molar-refractivity contribution in [3.8, 4) is 0 Å². The van der Waals surface area contributed by atoms with Gasteiger partial charge in [-0.05, 0) is 54.3 Å². The molecule has 1 aliphatic heterocycles. The lowest BCUT2D eigenvalue weighted by molar-refractivity contribution is 0.360. The fourth-order valence-corrected chi connectivity index (χ4v) is 3.23. The van der Waals surface area contributed by atoms with Gasteiger partial charge in [-0.1, -0.05) is 43.7 Å². The van der Waals surface area contributed by atoms with Gasteiger partial charge in [0.2, 0.25) is 0 Å². The van der Waals surface area contributed by atoms with Gasteiger partial charge in [0, 0.05) is 6.54 Å². The topological polar surface area (TPSA) is 12.0 Å². The largest absolute Gasteiger partial charge is 0.316 e. The van der Waals surface area contributed by atoms with E-state index in [-0.39, 0.29) is 0 Å². The van der Waals surface area contributed by atoms with Crippen molar-refractivity contribution < 1.29 is 0 Å². The van der Waals surface area contributed by atoms with Crippen molar-refractivity contribution in [2.24, 2.45) is 5.41 Å². The molecule has 0 atom stereocenters. The van der Waals surface area contributed by atoms with Crippen LogP contribution in [0.2, 0.25) is 0 Å². The Kier molecular flexibility index (Phi) is 3.03. The summed E-state index contributed by atoms with van der Waals surface area (Å²) in [7, 11) is 0. The lowest BCUT2D eigenvalue weighted by Crippen LogP contribution is -2.37. The van der Waals surface area contributed by atoms with E-state index in [1.54, 1.807) is 16.7 Å². The van der Waals surface area contributed by atoms with E-state index in [9.17, 15) is 0 Å². The molecule has 1 nitrogen and oxygen atoms in total. The van der Waals surface area contributed by atoms with Gasteiger partial charge in [0.1, 0.15) is 0 Å². The molecule has 0 saturated carbocycles.